The van der Waals surface area contributed by atoms with Crippen LogP contribution in [-0.2, 0) is 6.18 Å². The molecule has 2 rings (SSSR count). The molecule has 0 bridgehead atoms. The van der Waals surface area contributed by atoms with Crippen molar-refractivity contribution in [3.8, 4) is 0 Å². The third kappa shape index (κ3) is 2.13. The maximum atomic E-state index is 12.8. The van der Waals surface area contributed by atoms with Crippen molar-refractivity contribution in [3.63, 3.8) is 0 Å². The van der Waals surface area contributed by atoms with Gasteiger partial charge >= 0.3 is 12.1 Å². The number of nitrogens with zero attached hydrogens (tertiary/aromatic N) is 2. The average molecular weight is 243 g/mol. The molecule has 1 aromatic heterocycles. The standard InChI is InChI=1S/C7H6F5N3O/c8-6(9)1-3(13-2-6)4-14-5(16-15-4)7(10,11)12/h3,13H,1-2H2/t3-/m1/s1. The summed E-state index contributed by atoms with van der Waals surface area (Å²) in [6.45, 7) is -0.604. The van der Waals surface area contributed by atoms with Crippen LogP contribution in [0, 0.1) is 0 Å². The minimum absolute atomic E-state index is 0.399. The summed E-state index contributed by atoms with van der Waals surface area (Å²) in [5.74, 6) is -4.88. The van der Waals surface area contributed by atoms with Gasteiger partial charge in [0.05, 0.1) is 12.6 Å². The molecule has 0 aromatic carbocycles. The van der Waals surface area contributed by atoms with Gasteiger partial charge < -0.3 is 9.84 Å². The van der Waals surface area contributed by atoms with Crippen LogP contribution in [0.3, 0.4) is 0 Å². The molecule has 1 aliphatic heterocycles. The molecule has 0 spiro atoms. The zero-order valence-corrected chi connectivity index (χ0v) is 7.68. The molecule has 16 heavy (non-hydrogen) atoms. The summed E-state index contributed by atoms with van der Waals surface area (Å²) in [5, 5.41) is 5.35. The maximum absolute atomic E-state index is 12.8. The fraction of sp³-hybridized carbons (Fsp3) is 0.714. The van der Waals surface area contributed by atoms with Crippen molar-refractivity contribution in [1.82, 2.24) is 15.5 Å². The van der Waals surface area contributed by atoms with E-state index in [4.69, 9.17) is 0 Å². The summed E-state index contributed by atoms with van der Waals surface area (Å²) in [6, 6.07) is -1.00. The lowest BCUT2D eigenvalue weighted by molar-refractivity contribution is -0.159. The van der Waals surface area contributed by atoms with Gasteiger partial charge in [0.15, 0.2) is 5.82 Å². The Morgan fingerprint density at radius 2 is 2.06 bits per heavy atom. The van der Waals surface area contributed by atoms with Gasteiger partial charge in [-0.1, -0.05) is 5.16 Å². The first kappa shape index (κ1) is 11.2. The number of hydrogen-bond acceptors (Lipinski definition) is 4. The van der Waals surface area contributed by atoms with Crippen molar-refractivity contribution in [2.75, 3.05) is 6.54 Å². The minimum Gasteiger partial charge on any atom is -0.329 e. The van der Waals surface area contributed by atoms with Crippen LogP contribution < -0.4 is 5.32 Å². The largest absolute Gasteiger partial charge is 0.471 e. The Kier molecular flexibility index (Phi) is 2.37. The maximum Gasteiger partial charge on any atom is 0.471 e. The Hall–Kier alpha value is -1.25. The number of alkyl halides is 5. The highest BCUT2D eigenvalue weighted by Gasteiger charge is 2.44. The Labute approximate surface area is 85.8 Å². The average Bonchev–Trinajstić information content (AvgIpc) is 2.68. The molecule has 1 atom stereocenters. The quantitative estimate of drug-likeness (QED) is 0.763. The molecular weight excluding hydrogens is 237 g/mol. The van der Waals surface area contributed by atoms with Crippen molar-refractivity contribution < 1.29 is 26.5 Å². The molecular formula is C7H6F5N3O. The molecule has 1 aromatic rings. The van der Waals surface area contributed by atoms with E-state index in [9.17, 15) is 22.0 Å². The Morgan fingerprint density at radius 3 is 2.50 bits per heavy atom. The van der Waals surface area contributed by atoms with E-state index in [1.807, 2.05) is 0 Å². The molecule has 4 nitrogen and oxygen atoms in total. The van der Waals surface area contributed by atoms with E-state index in [-0.39, 0.29) is 0 Å². The van der Waals surface area contributed by atoms with Gasteiger partial charge in [-0.25, -0.2) is 8.78 Å². The zero-order valence-electron chi connectivity index (χ0n) is 7.68. The monoisotopic (exact) mass is 243 g/mol. The van der Waals surface area contributed by atoms with Gasteiger partial charge in [-0.3, -0.25) is 0 Å². The van der Waals surface area contributed by atoms with Crippen molar-refractivity contribution in [2.24, 2.45) is 0 Å². The smallest absolute Gasteiger partial charge is 0.329 e. The van der Waals surface area contributed by atoms with Crippen LogP contribution in [0.1, 0.15) is 24.2 Å². The molecule has 0 saturated carbocycles. The van der Waals surface area contributed by atoms with Crippen LogP contribution in [0.2, 0.25) is 0 Å². The minimum atomic E-state index is -4.76. The Bertz CT molecular complexity index is 388. The van der Waals surface area contributed by atoms with Gasteiger partial charge in [-0.15, -0.1) is 0 Å². The van der Waals surface area contributed by atoms with Crippen molar-refractivity contribution in [3.05, 3.63) is 11.7 Å². The normalized spacial score (nSPS) is 24.9. The van der Waals surface area contributed by atoms with E-state index in [2.05, 4.69) is 20.0 Å². The fourth-order valence-corrected chi connectivity index (χ4v) is 1.39. The summed E-state index contributed by atoms with van der Waals surface area (Å²) < 4.78 is 65.7. The van der Waals surface area contributed by atoms with E-state index in [1.54, 1.807) is 0 Å². The summed E-state index contributed by atoms with van der Waals surface area (Å²) in [6.07, 6.45) is -5.39. The second kappa shape index (κ2) is 3.37. The van der Waals surface area contributed by atoms with Crippen LogP contribution in [0.4, 0.5) is 22.0 Å². The third-order valence-electron chi connectivity index (χ3n) is 2.11. The number of hydrogen-bond donors (Lipinski definition) is 1. The predicted octanol–water partition coefficient (Wildman–Crippen LogP) is 1.76. The van der Waals surface area contributed by atoms with Crippen LogP contribution in [0.5, 0.6) is 0 Å². The Balaban J connectivity index is 2.15. The molecule has 0 aliphatic carbocycles. The predicted molar refractivity (Wildman–Crippen MR) is 39.6 cm³/mol. The molecule has 0 amide bonds. The molecule has 0 unspecified atom stereocenters. The topological polar surface area (TPSA) is 51.0 Å². The molecule has 0 radical (unpaired) electrons. The zero-order chi connectivity index (χ0) is 12.0. The number of halogens is 5. The summed E-state index contributed by atoms with van der Waals surface area (Å²) in [7, 11) is 0. The second-order valence-electron chi connectivity index (χ2n) is 3.45. The highest BCUT2D eigenvalue weighted by Crippen LogP contribution is 2.34. The van der Waals surface area contributed by atoms with E-state index in [0.717, 1.165) is 0 Å². The molecule has 1 N–H and O–H groups in total. The van der Waals surface area contributed by atoms with Gasteiger partial charge in [0.25, 0.3) is 5.92 Å². The lowest BCUT2D eigenvalue weighted by atomic mass is 10.2. The fourth-order valence-electron chi connectivity index (χ4n) is 1.39. The SMILES string of the molecule is FC1(F)CN[C@@H](c2noc(C(F)(F)F)n2)C1. The van der Waals surface area contributed by atoms with Crippen LogP contribution in [0.15, 0.2) is 4.52 Å². The molecule has 1 aliphatic rings. The molecule has 1 saturated heterocycles. The Morgan fingerprint density at radius 1 is 1.38 bits per heavy atom. The van der Waals surface area contributed by atoms with Crippen LogP contribution in [0.25, 0.3) is 0 Å². The van der Waals surface area contributed by atoms with Crippen molar-refractivity contribution in [2.45, 2.75) is 24.6 Å². The molecule has 2 heterocycles. The highest BCUT2D eigenvalue weighted by molar-refractivity contribution is 5.02. The van der Waals surface area contributed by atoms with Gasteiger partial charge in [0.2, 0.25) is 0 Å². The van der Waals surface area contributed by atoms with Gasteiger partial charge in [-0.05, 0) is 0 Å². The molecule has 9 heteroatoms. The first-order chi connectivity index (χ1) is 7.28. The second-order valence-corrected chi connectivity index (χ2v) is 3.45. The highest BCUT2D eigenvalue weighted by atomic mass is 19.4. The van der Waals surface area contributed by atoms with Crippen molar-refractivity contribution in [1.29, 1.82) is 0 Å². The van der Waals surface area contributed by atoms with Gasteiger partial charge in [-0.2, -0.15) is 18.2 Å². The lowest BCUT2D eigenvalue weighted by Gasteiger charge is -2.04. The van der Waals surface area contributed by atoms with Gasteiger partial charge in [0.1, 0.15) is 0 Å². The number of aromatic nitrogens is 2. The summed E-state index contributed by atoms with van der Waals surface area (Å²) >= 11 is 0. The molecule has 90 valence electrons. The van der Waals surface area contributed by atoms with E-state index in [0.29, 0.717) is 0 Å². The van der Waals surface area contributed by atoms with Crippen molar-refractivity contribution >= 4 is 0 Å². The first-order valence-corrected chi connectivity index (χ1v) is 4.30. The van der Waals surface area contributed by atoms with Crippen LogP contribution >= 0.6 is 0 Å². The summed E-state index contributed by atoms with van der Waals surface area (Å²) in [5.41, 5.74) is 0. The van der Waals surface area contributed by atoms with E-state index < -0.39 is 42.8 Å². The molecule has 1 fully saturated rings. The van der Waals surface area contributed by atoms with E-state index in [1.165, 1.54) is 0 Å². The summed E-state index contributed by atoms with van der Waals surface area (Å²) in [4.78, 5) is 3.03. The van der Waals surface area contributed by atoms with Gasteiger partial charge in [0, 0.05) is 6.42 Å². The first-order valence-electron chi connectivity index (χ1n) is 4.30. The lowest BCUT2D eigenvalue weighted by Crippen LogP contribution is -2.19. The van der Waals surface area contributed by atoms with E-state index >= 15 is 0 Å². The number of rotatable bonds is 1. The van der Waals surface area contributed by atoms with Crippen LogP contribution in [-0.4, -0.2) is 22.6 Å². The third-order valence-corrected chi connectivity index (χ3v) is 2.11. The number of nitrogens with one attached hydrogen (secondary N) is 1.